The molecular weight excluding hydrogens is 467 g/mol. The van der Waals surface area contributed by atoms with Gasteiger partial charge < -0.3 is 5.32 Å². The summed E-state index contributed by atoms with van der Waals surface area (Å²) in [5, 5.41) is 26.4. The lowest BCUT2D eigenvalue weighted by atomic mass is 10.1. The number of thioether (sulfide) groups is 1. The van der Waals surface area contributed by atoms with E-state index in [9.17, 15) is 0 Å². The molecule has 0 aliphatic carbocycles. The molecule has 0 radical (unpaired) electrons. The smallest absolute Gasteiger partial charge is 0.209 e. The van der Waals surface area contributed by atoms with Crippen LogP contribution in [0.3, 0.4) is 0 Å². The van der Waals surface area contributed by atoms with E-state index in [0.29, 0.717) is 23.1 Å². The molecule has 0 saturated carbocycles. The number of nitrogens with one attached hydrogen (secondary N) is 1. The van der Waals surface area contributed by atoms with E-state index in [4.69, 9.17) is 33.4 Å². The molecule has 0 saturated heterocycles. The number of halogens is 2. The molecule has 0 bridgehead atoms. The van der Waals surface area contributed by atoms with Crippen LogP contribution >= 0.6 is 35.0 Å². The second-order valence-corrected chi connectivity index (χ2v) is 8.93. The summed E-state index contributed by atoms with van der Waals surface area (Å²) in [6, 6.07) is 15.5. The third kappa shape index (κ3) is 5.66. The summed E-state index contributed by atoms with van der Waals surface area (Å²) in [5.41, 5.74) is 3.55. The molecule has 2 aromatic carbocycles. The minimum atomic E-state index is 0.403. The first-order valence-electron chi connectivity index (χ1n) is 10.1. The lowest BCUT2D eigenvalue weighted by Gasteiger charge is -2.05. The van der Waals surface area contributed by atoms with E-state index >= 15 is 0 Å². The third-order valence-electron chi connectivity index (χ3n) is 4.74. The van der Waals surface area contributed by atoms with Crippen LogP contribution in [0.25, 0.3) is 11.3 Å². The average Bonchev–Trinajstić information content (AvgIpc) is 3.39. The van der Waals surface area contributed by atoms with Crippen molar-refractivity contribution in [2.24, 2.45) is 7.05 Å². The van der Waals surface area contributed by atoms with Gasteiger partial charge in [-0.05, 0) is 35.5 Å². The first kappa shape index (κ1) is 22.7. The van der Waals surface area contributed by atoms with Gasteiger partial charge in [-0.1, -0.05) is 71.4 Å². The van der Waals surface area contributed by atoms with Gasteiger partial charge in [-0.15, -0.1) is 5.10 Å². The van der Waals surface area contributed by atoms with E-state index < -0.39 is 0 Å². The number of benzene rings is 2. The quantitative estimate of drug-likeness (QED) is 0.265. The van der Waals surface area contributed by atoms with Crippen LogP contribution < -0.4 is 5.32 Å². The molecular formula is C21H22Cl2N8S. The summed E-state index contributed by atoms with van der Waals surface area (Å²) in [5.74, 6) is 0.921. The van der Waals surface area contributed by atoms with Crippen molar-refractivity contribution in [1.29, 1.82) is 0 Å². The summed E-state index contributed by atoms with van der Waals surface area (Å²) >= 11 is 14.3. The van der Waals surface area contributed by atoms with E-state index in [0.717, 1.165) is 46.4 Å². The Morgan fingerprint density at radius 2 is 1.78 bits per heavy atom. The molecule has 0 amide bonds. The predicted molar refractivity (Wildman–Crippen MR) is 127 cm³/mol. The Morgan fingerprint density at radius 3 is 2.50 bits per heavy atom. The molecule has 166 valence electrons. The van der Waals surface area contributed by atoms with Gasteiger partial charge in [0.1, 0.15) is 11.4 Å². The van der Waals surface area contributed by atoms with Crippen LogP contribution in [0.5, 0.6) is 0 Å². The predicted octanol–water partition coefficient (Wildman–Crippen LogP) is 4.10. The number of aromatic nitrogens is 7. The molecule has 0 fully saturated rings. The monoisotopic (exact) mass is 488 g/mol. The van der Waals surface area contributed by atoms with Crippen LogP contribution in [0.4, 0.5) is 0 Å². The van der Waals surface area contributed by atoms with Crippen molar-refractivity contribution in [2.45, 2.75) is 24.7 Å². The molecule has 0 atom stereocenters. The Hall–Kier alpha value is -2.46. The standard InChI is InChI=1S/C21H22Cl2N8S/c1-30-21(25-28-29-30)32-12-6-11-24-13-19-20(15-7-3-2-4-8-15)27-31(26-19)14-16-17(22)9-5-10-18(16)23/h2-5,7-10,24H,6,11-14H2,1H3. The van der Waals surface area contributed by atoms with Crippen molar-refractivity contribution in [3.8, 4) is 11.3 Å². The summed E-state index contributed by atoms with van der Waals surface area (Å²) in [6.45, 7) is 1.85. The third-order valence-corrected chi connectivity index (χ3v) is 6.54. The van der Waals surface area contributed by atoms with E-state index in [1.807, 2.05) is 55.6 Å². The number of tetrazole rings is 1. The fourth-order valence-electron chi connectivity index (χ4n) is 3.13. The Bertz CT molecular complexity index is 1140. The number of rotatable bonds is 10. The Kier molecular flexibility index (Phi) is 7.75. The number of hydrogen-bond acceptors (Lipinski definition) is 7. The lowest BCUT2D eigenvalue weighted by molar-refractivity contribution is 0.576. The van der Waals surface area contributed by atoms with Gasteiger partial charge >= 0.3 is 0 Å². The van der Waals surface area contributed by atoms with Crippen molar-refractivity contribution in [1.82, 2.24) is 40.5 Å². The van der Waals surface area contributed by atoms with Crippen LogP contribution in [0.1, 0.15) is 17.7 Å². The molecule has 2 aromatic heterocycles. The van der Waals surface area contributed by atoms with Gasteiger partial charge in [0.2, 0.25) is 5.16 Å². The molecule has 1 N–H and O–H groups in total. The first-order chi connectivity index (χ1) is 15.6. The Morgan fingerprint density at radius 1 is 1.00 bits per heavy atom. The fraction of sp³-hybridized carbons (Fsp3) is 0.286. The van der Waals surface area contributed by atoms with Crippen molar-refractivity contribution >= 4 is 35.0 Å². The molecule has 0 spiro atoms. The Balaban J connectivity index is 1.41. The molecule has 0 aliphatic rings. The van der Waals surface area contributed by atoms with Gasteiger partial charge in [0.05, 0.1) is 6.54 Å². The van der Waals surface area contributed by atoms with E-state index in [1.54, 1.807) is 21.2 Å². The van der Waals surface area contributed by atoms with Crippen LogP contribution in [0.15, 0.2) is 53.7 Å². The maximum atomic E-state index is 6.34. The number of aryl methyl sites for hydroxylation is 1. The maximum absolute atomic E-state index is 6.34. The highest BCUT2D eigenvalue weighted by molar-refractivity contribution is 7.99. The van der Waals surface area contributed by atoms with Crippen LogP contribution in [-0.2, 0) is 20.1 Å². The summed E-state index contributed by atoms with van der Waals surface area (Å²) in [4.78, 5) is 1.66. The van der Waals surface area contributed by atoms with E-state index in [1.165, 1.54) is 0 Å². The molecule has 4 rings (SSSR count). The minimum absolute atomic E-state index is 0.403. The summed E-state index contributed by atoms with van der Waals surface area (Å²) in [7, 11) is 1.84. The summed E-state index contributed by atoms with van der Waals surface area (Å²) < 4.78 is 1.67. The zero-order chi connectivity index (χ0) is 22.3. The molecule has 0 unspecified atom stereocenters. The van der Waals surface area contributed by atoms with Crippen LogP contribution in [-0.4, -0.2) is 47.5 Å². The van der Waals surface area contributed by atoms with Gasteiger partial charge in [-0.25, -0.2) is 4.68 Å². The highest BCUT2D eigenvalue weighted by Crippen LogP contribution is 2.26. The highest BCUT2D eigenvalue weighted by Gasteiger charge is 2.15. The molecule has 11 heteroatoms. The van der Waals surface area contributed by atoms with E-state index in [-0.39, 0.29) is 0 Å². The first-order valence-corrected chi connectivity index (χ1v) is 11.8. The van der Waals surface area contributed by atoms with Crippen LogP contribution in [0, 0.1) is 0 Å². The van der Waals surface area contributed by atoms with Gasteiger partial charge in [0, 0.05) is 40.5 Å². The van der Waals surface area contributed by atoms with E-state index in [2.05, 4.69) is 20.8 Å². The second kappa shape index (κ2) is 10.9. The zero-order valence-electron chi connectivity index (χ0n) is 17.4. The molecule has 0 aliphatic heterocycles. The number of nitrogens with zero attached hydrogens (tertiary/aromatic N) is 7. The average molecular weight is 489 g/mol. The van der Waals surface area contributed by atoms with Crippen molar-refractivity contribution in [3.05, 3.63) is 69.8 Å². The highest BCUT2D eigenvalue weighted by atomic mass is 35.5. The molecule has 4 aromatic rings. The fourth-order valence-corrected chi connectivity index (χ4v) is 4.43. The largest absolute Gasteiger partial charge is 0.311 e. The molecule has 2 heterocycles. The molecule has 8 nitrogen and oxygen atoms in total. The SMILES string of the molecule is Cn1nnnc1SCCCNCc1nn(Cc2c(Cl)cccc2Cl)nc1-c1ccccc1. The van der Waals surface area contributed by atoms with Crippen molar-refractivity contribution in [3.63, 3.8) is 0 Å². The Labute approximate surface area is 200 Å². The van der Waals surface area contributed by atoms with Crippen molar-refractivity contribution < 1.29 is 0 Å². The lowest BCUT2D eigenvalue weighted by Crippen LogP contribution is -2.16. The van der Waals surface area contributed by atoms with Gasteiger partial charge in [0.25, 0.3) is 0 Å². The second-order valence-electron chi connectivity index (χ2n) is 7.06. The minimum Gasteiger partial charge on any atom is -0.311 e. The van der Waals surface area contributed by atoms with Gasteiger partial charge in [0.15, 0.2) is 0 Å². The van der Waals surface area contributed by atoms with Gasteiger partial charge in [-0.2, -0.15) is 15.0 Å². The van der Waals surface area contributed by atoms with Crippen LogP contribution in [0.2, 0.25) is 10.0 Å². The maximum Gasteiger partial charge on any atom is 0.209 e. The molecule has 32 heavy (non-hydrogen) atoms. The topological polar surface area (TPSA) is 86.3 Å². The van der Waals surface area contributed by atoms with Gasteiger partial charge in [-0.3, -0.25) is 0 Å². The zero-order valence-corrected chi connectivity index (χ0v) is 19.8. The van der Waals surface area contributed by atoms with Crippen molar-refractivity contribution in [2.75, 3.05) is 12.3 Å². The normalized spacial score (nSPS) is 11.2. The number of hydrogen-bond donors (Lipinski definition) is 1. The summed E-state index contributed by atoms with van der Waals surface area (Å²) in [6.07, 6.45) is 0.974.